The highest BCUT2D eigenvalue weighted by Gasteiger charge is 2.20. The number of methoxy groups -OCH3 is 3. The Labute approximate surface area is 748 Å². The van der Waals surface area contributed by atoms with E-state index in [4.69, 9.17) is 24.6 Å². The molecule has 13 aromatic carbocycles. The Kier molecular flexibility index (Phi) is 38.6. The van der Waals surface area contributed by atoms with Crippen LogP contribution in [0.5, 0.6) is 0 Å². The van der Waals surface area contributed by atoms with Gasteiger partial charge in [0.15, 0.2) is 23.1 Å². The van der Waals surface area contributed by atoms with Gasteiger partial charge in [-0.2, -0.15) is 5.26 Å². The molecule has 4 amide bonds. The van der Waals surface area contributed by atoms with Gasteiger partial charge in [-0.15, -0.1) is 0 Å². The molecular formula is C107H97N5O17. The summed E-state index contributed by atoms with van der Waals surface area (Å²) in [5.41, 5.74) is 12.9. The fourth-order valence-corrected chi connectivity index (χ4v) is 13.3. The normalized spacial score (nSPS) is 10.1. The molecule has 0 aliphatic carbocycles. The molecule has 0 radical (unpaired) electrons. The van der Waals surface area contributed by atoms with Crippen molar-refractivity contribution in [1.82, 2.24) is 0 Å². The fourth-order valence-electron chi connectivity index (χ4n) is 13.3. The van der Waals surface area contributed by atoms with Crippen molar-refractivity contribution in [3.63, 3.8) is 0 Å². The summed E-state index contributed by atoms with van der Waals surface area (Å²) in [5.74, 6) is -1.50. The van der Waals surface area contributed by atoms with E-state index in [1.54, 1.807) is 171 Å². The number of ketones is 8. The lowest BCUT2D eigenvalue weighted by Gasteiger charge is -2.11. The van der Waals surface area contributed by atoms with E-state index >= 15 is 0 Å². The van der Waals surface area contributed by atoms with Gasteiger partial charge in [0.25, 0.3) is 0 Å². The van der Waals surface area contributed by atoms with Gasteiger partial charge in [-0.1, -0.05) is 255 Å². The first-order chi connectivity index (χ1) is 62.1. The van der Waals surface area contributed by atoms with Gasteiger partial charge in [0, 0.05) is 90.6 Å². The largest absolute Gasteiger partial charge is 0.497 e. The summed E-state index contributed by atoms with van der Waals surface area (Å²) >= 11 is 0. The van der Waals surface area contributed by atoms with Crippen LogP contribution < -0.4 is 21.3 Å². The predicted octanol–water partition coefficient (Wildman–Crippen LogP) is 20.5. The number of aromatic carboxylic acids is 1. The van der Waals surface area contributed by atoms with Crippen molar-refractivity contribution >= 4 is 116 Å². The van der Waals surface area contributed by atoms with E-state index < -0.39 is 30.0 Å². The topological polar surface area (TPSA) is 342 Å². The smallest absolute Gasteiger partial charge is 0.339 e. The quantitative estimate of drug-likeness (QED) is 0.0165. The molecule has 22 nitrogen and oxygen atoms in total. The average Bonchev–Trinajstić information content (AvgIpc) is 0.847. The van der Waals surface area contributed by atoms with Crippen LogP contribution in [0.2, 0.25) is 0 Å². The third-order valence-corrected chi connectivity index (χ3v) is 19.6. The number of carboxylic acid groups (broad SMARTS) is 1. The molecule has 22 heteroatoms. The third kappa shape index (κ3) is 31.9. The highest BCUT2D eigenvalue weighted by atomic mass is 16.5. The zero-order chi connectivity index (χ0) is 93.2. The van der Waals surface area contributed by atoms with Gasteiger partial charge in [0.2, 0.25) is 0 Å². The monoisotopic (exact) mass is 1720 g/mol. The number of nitriles is 1. The lowest BCUT2D eigenvalue weighted by Crippen LogP contribution is -2.21. The minimum Gasteiger partial charge on any atom is -0.497 e. The second-order valence-corrected chi connectivity index (χ2v) is 29.2. The Bertz CT molecular complexity index is 6190. The first-order valence-corrected chi connectivity index (χ1v) is 40.8. The van der Waals surface area contributed by atoms with Crippen LogP contribution >= 0.6 is 0 Å². The van der Waals surface area contributed by atoms with Crippen molar-refractivity contribution in [1.29, 1.82) is 5.26 Å². The molecule has 0 unspecified atom stereocenters. The molecule has 5 N–H and O–H groups in total. The maximum Gasteiger partial charge on any atom is 0.339 e. The van der Waals surface area contributed by atoms with Crippen LogP contribution in [0.25, 0.3) is 16.5 Å². The van der Waals surface area contributed by atoms with Crippen molar-refractivity contribution < 1.29 is 81.6 Å². The molecule has 652 valence electrons. The van der Waals surface area contributed by atoms with Gasteiger partial charge in [-0.25, -0.2) is 24.0 Å². The van der Waals surface area contributed by atoms with Crippen LogP contribution in [0, 0.1) is 11.3 Å². The standard InChI is InChI=1S/C19H16N2O3.C19H17NO2.C19H18O3.C17H16N2O3.C17H16O3.C16H14O3/c1-24-18(22)16-8-4-5-9-17(16)21-19(23)20-15-11-10-13-6-2-3-7-14(13)12-15;1-14(22-2)19-9-4-3-8-17(19)12-18(21)11-15-6-5-7-16(10-15)13-20;1-13(20)18-9-5-3-7-15(18)11-17(22)12-16-8-4-6-10-19(16)14(2)21;1-11(20)13-6-5-7-14(10-13)18-17(22)19-16-9-4-3-8-15(16)12(2)21;1-20-17(19)16-10-6-5-9-14(16)12-15(18)11-13-7-3-2-4-8-13;17-14(10-12-6-2-1-3-7-12)11-13-8-4-5-9-15(13)16(18)19/h2-12H,1H3,(H2,20,21,23);3-10H,1,11-12H2,2H3;3-10H,11-12H2,1-2H3;3-10H,1-2H3,(H2,18,19,22);2-10H,11-12H2,1H3;1-9H,10-11H2,(H,18,19). The molecule has 13 aromatic rings. The number of anilines is 4. The number of carbonyl (C=O) groups is 13. The molecule has 0 fully saturated rings. The highest BCUT2D eigenvalue weighted by Crippen LogP contribution is 2.25. The van der Waals surface area contributed by atoms with Gasteiger partial charge in [0.1, 0.15) is 28.9 Å². The number of carbonyl (C=O) groups excluding carboxylic acids is 12. The van der Waals surface area contributed by atoms with Gasteiger partial charge < -0.3 is 40.6 Å². The minimum absolute atomic E-state index is 0.0117. The van der Waals surface area contributed by atoms with Gasteiger partial charge in [0.05, 0.1) is 61.0 Å². The molecule has 0 heterocycles. The maximum atomic E-state index is 12.3. The van der Waals surface area contributed by atoms with E-state index in [1.807, 2.05) is 152 Å². The predicted molar refractivity (Wildman–Crippen MR) is 500 cm³/mol. The van der Waals surface area contributed by atoms with Gasteiger partial charge >= 0.3 is 30.0 Å². The van der Waals surface area contributed by atoms with Crippen LogP contribution in [0.15, 0.2) is 328 Å². The van der Waals surface area contributed by atoms with Crippen molar-refractivity contribution in [2.75, 3.05) is 42.6 Å². The number of nitrogens with zero attached hydrogens (tertiary/aromatic N) is 1. The molecule has 13 rings (SSSR count). The second kappa shape index (κ2) is 50.9. The number of benzene rings is 13. The van der Waals surface area contributed by atoms with Crippen molar-refractivity contribution in [2.24, 2.45) is 0 Å². The number of hydrogen-bond acceptors (Lipinski definition) is 17. The zero-order valence-electron chi connectivity index (χ0n) is 72.4. The van der Waals surface area contributed by atoms with E-state index in [1.165, 1.54) is 48.0 Å². The molecule has 0 aliphatic rings. The summed E-state index contributed by atoms with van der Waals surface area (Å²) in [7, 11) is 4.20. The zero-order valence-corrected chi connectivity index (χ0v) is 72.4. The molecule has 0 aromatic heterocycles. The molecule has 0 saturated heterocycles. The van der Waals surface area contributed by atoms with Crippen molar-refractivity contribution in [2.45, 2.75) is 79.1 Å². The molecule has 0 bridgehead atoms. The minimum atomic E-state index is -0.997. The highest BCUT2D eigenvalue weighted by molar-refractivity contribution is 6.08. The maximum absolute atomic E-state index is 12.3. The summed E-state index contributed by atoms with van der Waals surface area (Å²) in [4.78, 5) is 153. The summed E-state index contributed by atoms with van der Waals surface area (Å²) < 4.78 is 14.6. The Morgan fingerprint density at radius 2 is 0.651 bits per heavy atom. The Morgan fingerprint density at radius 3 is 1.11 bits per heavy atom. The number of hydrogen-bond donors (Lipinski definition) is 5. The van der Waals surface area contributed by atoms with Crippen LogP contribution in [-0.4, -0.2) is 103 Å². The van der Waals surface area contributed by atoms with Gasteiger partial charge in [-0.3, -0.25) is 38.4 Å². The number of amides is 4. The molecule has 0 saturated carbocycles. The average molecular weight is 1720 g/mol. The lowest BCUT2D eigenvalue weighted by atomic mass is 9.95. The summed E-state index contributed by atoms with van der Waals surface area (Å²) in [6, 6.07) is 96.5. The number of Topliss-reactive ketones (excluding diaryl/α,β-unsaturated/α-hetero) is 8. The van der Waals surface area contributed by atoms with Gasteiger partial charge in [-0.05, 0) is 156 Å². The number of para-hydroxylation sites is 2. The first-order valence-electron chi connectivity index (χ1n) is 40.8. The van der Waals surface area contributed by atoms with Crippen LogP contribution in [0.1, 0.15) is 156 Å². The van der Waals surface area contributed by atoms with Crippen molar-refractivity contribution in [3.05, 3.63) is 423 Å². The Hall–Kier alpha value is -16.5. The molecule has 0 spiro atoms. The number of carboxylic acids is 1. The first kappa shape index (κ1) is 97.9. The van der Waals surface area contributed by atoms with E-state index in [9.17, 15) is 62.3 Å². The number of nitrogens with one attached hydrogen (secondary N) is 4. The second-order valence-electron chi connectivity index (χ2n) is 29.2. The number of ether oxygens (including phenoxy) is 3. The Balaban J connectivity index is 0.000000191. The summed E-state index contributed by atoms with van der Waals surface area (Å²) in [6.07, 6.45) is 2.10. The number of rotatable bonds is 29. The number of urea groups is 2. The molecule has 0 aliphatic heterocycles. The Morgan fingerprint density at radius 1 is 0.302 bits per heavy atom. The van der Waals surface area contributed by atoms with E-state index in [2.05, 4.69) is 33.9 Å². The third-order valence-electron chi connectivity index (χ3n) is 19.6. The molecular weight excluding hydrogens is 1630 g/mol. The lowest BCUT2D eigenvalue weighted by molar-refractivity contribution is -0.118. The summed E-state index contributed by atoms with van der Waals surface area (Å²) in [5, 5.41) is 30.8. The molecule has 0 atom stereocenters. The number of esters is 2. The summed E-state index contributed by atoms with van der Waals surface area (Å²) in [6.45, 7) is 9.74. The number of fused-ring (bicyclic) bond motifs is 1. The van der Waals surface area contributed by atoms with Crippen LogP contribution in [-0.2, 0) is 84.8 Å². The van der Waals surface area contributed by atoms with E-state index in [0.29, 0.717) is 104 Å². The van der Waals surface area contributed by atoms with E-state index in [-0.39, 0.29) is 77.5 Å². The van der Waals surface area contributed by atoms with Crippen LogP contribution in [0.4, 0.5) is 32.3 Å². The SMILES string of the molecule is C=C(OC)c1ccccc1CC(=O)Cc1cccc(C#N)c1.CC(=O)c1cccc(NC(=O)Nc2ccccc2C(C)=O)c1.CC(=O)c1ccccc1CC(=O)Cc1ccccc1C(C)=O.COC(=O)c1ccccc1CC(=O)Cc1ccccc1.COC(=O)c1ccccc1NC(=O)Nc1ccc2ccccc2c1.O=C(Cc1ccccc1)Cc1ccccc1C(=O)O. The molecule has 129 heavy (non-hydrogen) atoms. The van der Waals surface area contributed by atoms with Crippen LogP contribution in [0.3, 0.4) is 0 Å². The van der Waals surface area contributed by atoms with Crippen molar-refractivity contribution in [3.8, 4) is 6.07 Å². The van der Waals surface area contributed by atoms with E-state index in [0.717, 1.165) is 49.7 Å². The fraction of sp³-hybridized carbons (Fsp3) is 0.140.